The number of aromatic nitrogens is 3. The molecule has 0 bridgehead atoms. The second-order valence-electron chi connectivity index (χ2n) is 6.64. The summed E-state index contributed by atoms with van der Waals surface area (Å²) in [5.74, 6) is -1.06. The van der Waals surface area contributed by atoms with Crippen LogP contribution >= 0.6 is 0 Å². The quantitative estimate of drug-likeness (QED) is 0.831. The first-order chi connectivity index (χ1) is 13.0. The van der Waals surface area contributed by atoms with Crippen molar-refractivity contribution < 1.29 is 18.3 Å². The monoisotopic (exact) mass is 380 g/mol. The Bertz CT molecular complexity index is 878. The molecule has 1 unspecified atom stereocenters. The number of hydrogen-bond donors (Lipinski definition) is 1. The maximum atomic E-state index is 13.7. The lowest BCUT2D eigenvalue weighted by Crippen LogP contribution is -2.27. The van der Waals surface area contributed by atoms with Crippen molar-refractivity contribution in [2.24, 2.45) is 5.92 Å². The molecule has 0 radical (unpaired) electrons. The minimum absolute atomic E-state index is 0.0380. The first-order valence-corrected chi connectivity index (χ1v) is 8.88. The lowest BCUT2D eigenvalue weighted by atomic mass is 9.96. The summed E-state index contributed by atoms with van der Waals surface area (Å²) in [5.41, 5.74) is -0.204. The highest BCUT2D eigenvalue weighted by Gasteiger charge is 2.23. The summed E-state index contributed by atoms with van der Waals surface area (Å²) in [7, 11) is 1.57. The van der Waals surface area contributed by atoms with Gasteiger partial charge in [-0.1, -0.05) is 0 Å². The number of nitrogens with one attached hydrogen (secondary N) is 1. The second-order valence-corrected chi connectivity index (χ2v) is 6.64. The van der Waals surface area contributed by atoms with Gasteiger partial charge in [0.25, 0.3) is 0 Å². The van der Waals surface area contributed by atoms with Crippen molar-refractivity contribution in [1.82, 2.24) is 14.3 Å². The van der Waals surface area contributed by atoms with Crippen molar-refractivity contribution in [3.63, 3.8) is 0 Å². The Hall–Kier alpha value is -2.55. The highest BCUT2D eigenvalue weighted by atomic mass is 19.1. The molecule has 3 rings (SSSR count). The predicted molar refractivity (Wildman–Crippen MR) is 94.4 cm³/mol. The molecule has 0 saturated heterocycles. The van der Waals surface area contributed by atoms with Gasteiger partial charge in [0.15, 0.2) is 0 Å². The van der Waals surface area contributed by atoms with E-state index >= 15 is 0 Å². The molecule has 27 heavy (non-hydrogen) atoms. The Balaban J connectivity index is 1.58. The number of hydrogen-bond acceptors (Lipinski definition) is 4. The highest BCUT2D eigenvalue weighted by Crippen LogP contribution is 2.22. The molecule has 146 valence electrons. The minimum Gasteiger partial charge on any atom is -0.383 e. The molecule has 0 saturated carbocycles. The number of ether oxygens (including phenoxy) is 1. The van der Waals surface area contributed by atoms with Gasteiger partial charge >= 0.3 is 5.69 Å². The normalized spacial score (nSPS) is 16.6. The Morgan fingerprint density at radius 3 is 2.93 bits per heavy atom. The standard InChI is InChI=1S/C18H22F2N4O3/c1-27-9-8-24-18(26)23-7-6-12(2-5-16(23)22-24)10-17(25)21-15-4-3-13(19)11-14(15)20/h3-4,11-12H,2,5-10H2,1H3,(H,21,25). The van der Waals surface area contributed by atoms with E-state index in [4.69, 9.17) is 4.74 Å². The van der Waals surface area contributed by atoms with Crippen molar-refractivity contribution in [2.75, 3.05) is 19.0 Å². The van der Waals surface area contributed by atoms with Gasteiger partial charge in [-0.15, -0.1) is 0 Å². The van der Waals surface area contributed by atoms with Crippen molar-refractivity contribution >= 4 is 11.6 Å². The van der Waals surface area contributed by atoms with Gasteiger partial charge in [0.2, 0.25) is 5.91 Å². The summed E-state index contributed by atoms with van der Waals surface area (Å²) in [5, 5.41) is 6.83. The number of anilines is 1. The number of methoxy groups -OCH3 is 1. The SMILES string of the molecule is COCCn1nc2n(c1=O)CCC(CC(=O)Nc1ccc(F)cc1F)CC2. The Labute approximate surface area is 154 Å². The molecule has 7 nitrogen and oxygen atoms in total. The smallest absolute Gasteiger partial charge is 0.345 e. The van der Waals surface area contributed by atoms with Crippen LogP contribution in [0.3, 0.4) is 0 Å². The molecule has 1 amide bonds. The number of carbonyl (C=O) groups excluding carboxylic acids is 1. The van der Waals surface area contributed by atoms with E-state index in [1.54, 1.807) is 11.7 Å². The van der Waals surface area contributed by atoms with Gasteiger partial charge in [-0.05, 0) is 30.9 Å². The van der Waals surface area contributed by atoms with E-state index in [0.717, 1.165) is 12.1 Å². The second kappa shape index (κ2) is 8.43. The number of amides is 1. The van der Waals surface area contributed by atoms with Crippen molar-refractivity contribution in [3.05, 3.63) is 46.1 Å². The molecular formula is C18H22F2N4O3. The lowest BCUT2D eigenvalue weighted by molar-refractivity contribution is -0.117. The van der Waals surface area contributed by atoms with Crippen LogP contribution in [-0.4, -0.2) is 34.0 Å². The maximum Gasteiger partial charge on any atom is 0.345 e. The van der Waals surface area contributed by atoms with Gasteiger partial charge in [0.1, 0.15) is 17.5 Å². The fourth-order valence-corrected chi connectivity index (χ4v) is 3.27. The molecule has 1 atom stereocenters. The van der Waals surface area contributed by atoms with Crippen LogP contribution in [0.5, 0.6) is 0 Å². The summed E-state index contributed by atoms with van der Waals surface area (Å²) in [6.07, 6.45) is 2.17. The minimum atomic E-state index is -0.805. The van der Waals surface area contributed by atoms with Crippen molar-refractivity contribution in [1.29, 1.82) is 0 Å². The van der Waals surface area contributed by atoms with Crippen LogP contribution in [-0.2, 0) is 29.0 Å². The zero-order valence-corrected chi connectivity index (χ0v) is 15.1. The summed E-state index contributed by atoms with van der Waals surface area (Å²) in [6.45, 7) is 1.31. The summed E-state index contributed by atoms with van der Waals surface area (Å²) in [6, 6.07) is 3.03. The van der Waals surface area contributed by atoms with Crippen LogP contribution in [0, 0.1) is 17.6 Å². The van der Waals surface area contributed by atoms with Crippen LogP contribution in [0.15, 0.2) is 23.0 Å². The Morgan fingerprint density at radius 2 is 2.19 bits per heavy atom. The maximum absolute atomic E-state index is 13.7. The average Bonchev–Trinajstić information content (AvgIpc) is 2.79. The number of rotatable bonds is 6. The van der Waals surface area contributed by atoms with Gasteiger partial charge < -0.3 is 10.1 Å². The molecule has 1 aromatic heterocycles. The van der Waals surface area contributed by atoms with Crippen LogP contribution in [0.25, 0.3) is 0 Å². The van der Waals surface area contributed by atoms with Gasteiger partial charge in [0.05, 0.1) is 18.8 Å². The molecule has 1 N–H and O–H groups in total. The van der Waals surface area contributed by atoms with Gasteiger partial charge in [-0.25, -0.2) is 18.3 Å². The van der Waals surface area contributed by atoms with E-state index in [2.05, 4.69) is 10.4 Å². The molecule has 1 aliphatic rings. The number of fused-ring (bicyclic) bond motifs is 1. The topological polar surface area (TPSA) is 78.2 Å². The van der Waals surface area contributed by atoms with Crippen molar-refractivity contribution in [2.45, 2.75) is 38.8 Å². The summed E-state index contributed by atoms with van der Waals surface area (Å²) >= 11 is 0. The van der Waals surface area contributed by atoms with Crippen LogP contribution < -0.4 is 11.0 Å². The Morgan fingerprint density at radius 1 is 1.37 bits per heavy atom. The third kappa shape index (κ3) is 4.60. The van der Waals surface area contributed by atoms with Gasteiger partial charge in [0, 0.05) is 32.6 Å². The van der Waals surface area contributed by atoms with Crippen LogP contribution in [0.2, 0.25) is 0 Å². The van der Waals surface area contributed by atoms with Gasteiger partial charge in [-0.3, -0.25) is 9.36 Å². The third-order valence-electron chi connectivity index (χ3n) is 4.72. The number of halogens is 2. The lowest BCUT2D eigenvalue weighted by Gasteiger charge is -2.14. The number of nitrogens with zero attached hydrogens (tertiary/aromatic N) is 3. The van der Waals surface area contributed by atoms with E-state index in [1.807, 2.05) is 0 Å². The first kappa shape index (κ1) is 19.2. The fraction of sp³-hybridized carbons (Fsp3) is 0.500. The predicted octanol–water partition coefficient (Wildman–Crippen LogP) is 1.95. The summed E-state index contributed by atoms with van der Waals surface area (Å²) < 4.78 is 34.6. The van der Waals surface area contributed by atoms with E-state index in [0.29, 0.717) is 44.8 Å². The molecule has 0 aliphatic carbocycles. The van der Waals surface area contributed by atoms with Crippen LogP contribution in [0.4, 0.5) is 14.5 Å². The van der Waals surface area contributed by atoms with E-state index in [1.165, 1.54) is 10.7 Å². The number of benzene rings is 1. The van der Waals surface area contributed by atoms with Crippen molar-refractivity contribution in [3.8, 4) is 0 Å². The molecule has 2 aromatic rings. The molecule has 1 aliphatic heterocycles. The zero-order valence-electron chi connectivity index (χ0n) is 15.1. The number of carbonyl (C=O) groups is 1. The third-order valence-corrected chi connectivity index (χ3v) is 4.72. The molecule has 0 spiro atoms. The van der Waals surface area contributed by atoms with Gasteiger partial charge in [-0.2, -0.15) is 5.10 Å². The number of aryl methyl sites for hydroxylation is 1. The Kier molecular flexibility index (Phi) is 6.00. The van der Waals surface area contributed by atoms with E-state index in [-0.39, 0.29) is 29.6 Å². The van der Waals surface area contributed by atoms with E-state index in [9.17, 15) is 18.4 Å². The fourth-order valence-electron chi connectivity index (χ4n) is 3.27. The summed E-state index contributed by atoms with van der Waals surface area (Å²) in [4.78, 5) is 24.6. The molecule has 1 aromatic carbocycles. The zero-order chi connectivity index (χ0) is 19.4. The van der Waals surface area contributed by atoms with Crippen LogP contribution in [0.1, 0.15) is 25.1 Å². The first-order valence-electron chi connectivity index (χ1n) is 8.88. The average molecular weight is 380 g/mol. The molecule has 2 heterocycles. The largest absolute Gasteiger partial charge is 0.383 e. The molecule has 9 heteroatoms. The van der Waals surface area contributed by atoms with E-state index < -0.39 is 11.6 Å². The molecule has 0 fully saturated rings. The highest BCUT2D eigenvalue weighted by molar-refractivity contribution is 5.90. The molecular weight excluding hydrogens is 358 g/mol.